The van der Waals surface area contributed by atoms with E-state index in [0.29, 0.717) is 11.2 Å². The number of sulfone groups is 1. The summed E-state index contributed by atoms with van der Waals surface area (Å²) < 4.78 is 25.6. The van der Waals surface area contributed by atoms with Crippen molar-refractivity contribution in [2.45, 2.75) is 18.2 Å². The second kappa shape index (κ2) is 6.33. The van der Waals surface area contributed by atoms with Crippen LogP contribution in [0.5, 0.6) is 0 Å². The van der Waals surface area contributed by atoms with Crippen LogP contribution in [0.3, 0.4) is 0 Å². The van der Waals surface area contributed by atoms with Crippen molar-refractivity contribution >= 4 is 43.0 Å². The molecule has 0 aliphatic heterocycles. The molecule has 0 spiro atoms. The molecule has 124 valence electrons. The molecule has 1 N–H and O–H groups in total. The number of fused-ring (bicyclic) bond motifs is 1. The number of hydrogen-bond acceptors (Lipinski definition) is 5. The Bertz CT molecular complexity index is 990. The average Bonchev–Trinajstić information content (AvgIpc) is 2.94. The number of nitrogens with zero attached hydrogens (tertiary/aromatic N) is 1. The molecule has 3 aromatic rings. The van der Waals surface area contributed by atoms with Gasteiger partial charge in [-0.1, -0.05) is 29.8 Å². The third kappa shape index (κ3) is 3.47. The van der Waals surface area contributed by atoms with Crippen molar-refractivity contribution in [1.82, 2.24) is 4.98 Å². The number of hydrogen-bond donors (Lipinski definition) is 1. The molecule has 0 atom stereocenters. The van der Waals surface area contributed by atoms with Gasteiger partial charge in [0.05, 0.1) is 10.2 Å². The Balaban J connectivity index is 1.79. The Morgan fingerprint density at radius 3 is 2.62 bits per heavy atom. The second-order valence-electron chi connectivity index (χ2n) is 5.57. The Morgan fingerprint density at radius 2 is 1.92 bits per heavy atom. The van der Waals surface area contributed by atoms with E-state index < -0.39 is 21.5 Å². The van der Waals surface area contributed by atoms with Gasteiger partial charge in [-0.15, -0.1) is 11.3 Å². The lowest BCUT2D eigenvalue weighted by Crippen LogP contribution is -2.23. The summed E-state index contributed by atoms with van der Waals surface area (Å²) >= 11 is 1.08. The molecule has 0 unspecified atom stereocenters. The van der Waals surface area contributed by atoms with Crippen LogP contribution in [0.25, 0.3) is 10.2 Å². The second-order valence-corrected chi connectivity index (χ2v) is 8.77. The van der Waals surface area contributed by atoms with Gasteiger partial charge in [0, 0.05) is 5.69 Å². The molecule has 0 saturated heterocycles. The highest BCUT2D eigenvalue weighted by atomic mass is 32.2. The lowest BCUT2D eigenvalue weighted by molar-refractivity contribution is -0.113. The minimum atomic E-state index is -3.77. The van der Waals surface area contributed by atoms with E-state index in [0.717, 1.165) is 27.2 Å². The summed E-state index contributed by atoms with van der Waals surface area (Å²) in [4.78, 5) is 16.3. The van der Waals surface area contributed by atoms with Crippen molar-refractivity contribution in [3.63, 3.8) is 0 Å². The number of aryl methyl sites for hydroxylation is 2. The number of benzene rings is 2. The minimum Gasteiger partial charge on any atom is -0.325 e. The summed E-state index contributed by atoms with van der Waals surface area (Å²) in [5.74, 6) is -1.19. The first-order valence-electron chi connectivity index (χ1n) is 7.30. The summed E-state index contributed by atoms with van der Waals surface area (Å²) in [6.45, 7) is 3.82. The van der Waals surface area contributed by atoms with Crippen LogP contribution in [0.4, 0.5) is 5.69 Å². The number of thiazole rings is 1. The van der Waals surface area contributed by atoms with Crippen LogP contribution in [0, 0.1) is 13.8 Å². The third-order valence-electron chi connectivity index (χ3n) is 3.52. The first-order chi connectivity index (χ1) is 11.3. The molecule has 0 fully saturated rings. The lowest BCUT2D eigenvalue weighted by atomic mass is 10.1. The Morgan fingerprint density at radius 1 is 1.17 bits per heavy atom. The summed E-state index contributed by atoms with van der Waals surface area (Å²) in [5.41, 5.74) is 3.20. The van der Waals surface area contributed by atoms with E-state index in [9.17, 15) is 13.2 Å². The Kier molecular flexibility index (Phi) is 4.38. The van der Waals surface area contributed by atoms with E-state index in [1.54, 1.807) is 18.2 Å². The number of carbonyl (C=O) groups excluding carboxylic acids is 1. The molecule has 5 nitrogen and oxygen atoms in total. The number of carbonyl (C=O) groups is 1. The van der Waals surface area contributed by atoms with Crippen molar-refractivity contribution in [3.05, 3.63) is 53.6 Å². The van der Waals surface area contributed by atoms with Gasteiger partial charge in [0.1, 0.15) is 5.75 Å². The van der Waals surface area contributed by atoms with Gasteiger partial charge in [-0.3, -0.25) is 4.79 Å². The number of anilines is 1. The van der Waals surface area contributed by atoms with E-state index in [1.165, 1.54) is 0 Å². The van der Waals surface area contributed by atoms with Crippen molar-refractivity contribution in [2.24, 2.45) is 0 Å². The zero-order valence-corrected chi connectivity index (χ0v) is 14.9. The molecule has 0 aliphatic carbocycles. The van der Waals surface area contributed by atoms with Gasteiger partial charge < -0.3 is 5.32 Å². The maximum Gasteiger partial charge on any atom is 0.240 e. The Hall–Kier alpha value is -2.25. The summed E-state index contributed by atoms with van der Waals surface area (Å²) in [7, 11) is -3.77. The van der Waals surface area contributed by atoms with Gasteiger partial charge in [-0.2, -0.15) is 0 Å². The molecule has 3 rings (SSSR count). The van der Waals surface area contributed by atoms with Gasteiger partial charge in [0.2, 0.25) is 20.1 Å². The van der Waals surface area contributed by atoms with Gasteiger partial charge in [-0.25, -0.2) is 13.4 Å². The van der Waals surface area contributed by atoms with E-state index in [1.807, 2.05) is 38.1 Å². The highest BCUT2D eigenvalue weighted by Gasteiger charge is 2.23. The molecule has 0 radical (unpaired) electrons. The molecule has 0 saturated carbocycles. The Labute approximate surface area is 144 Å². The molecule has 1 heterocycles. The van der Waals surface area contributed by atoms with Gasteiger partial charge >= 0.3 is 0 Å². The predicted molar refractivity (Wildman–Crippen MR) is 96.2 cm³/mol. The minimum absolute atomic E-state index is 0.0283. The summed E-state index contributed by atoms with van der Waals surface area (Å²) in [6, 6.07) is 12.7. The van der Waals surface area contributed by atoms with Crippen molar-refractivity contribution in [2.75, 3.05) is 11.1 Å². The van der Waals surface area contributed by atoms with Crippen LogP contribution >= 0.6 is 11.3 Å². The van der Waals surface area contributed by atoms with E-state index in [4.69, 9.17) is 0 Å². The number of rotatable bonds is 4. The number of amides is 1. The van der Waals surface area contributed by atoms with Crippen LogP contribution in [-0.4, -0.2) is 25.1 Å². The maximum absolute atomic E-state index is 12.4. The fourth-order valence-electron chi connectivity index (χ4n) is 2.36. The first kappa shape index (κ1) is 16.6. The van der Waals surface area contributed by atoms with Crippen molar-refractivity contribution in [3.8, 4) is 0 Å². The van der Waals surface area contributed by atoms with E-state index >= 15 is 0 Å². The fourth-order valence-corrected chi connectivity index (χ4v) is 4.79. The largest absolute Gasteiger partial charge is 0.325 e. The molecule has 1 aromatic heterocycles. The molecule has 7 heteroatoms. The van der Waals surface area contributed by atoms with Crippen LogP contribution < -0.4 is 5.32 Å². The number of para-hydroxylation sites is 1. The van der Waals surface area contributed by atoms with Crippen molar-refractivity contribution < 1.29 is 13.2 Å². The molecule has 2 aromatic carbocycles. The van der Waals surface area contributed by atoms with Gasteiger partial charge in [0.25, 0.3) is 0 Å². The predicted octanol–water partition coefficient (Wildman–Crippen LogP) is 3.33. The van der Waals surface area contributed by atoms with E-state index in [-0.39, 0.29) is 4.34 Å². The monoisotopic (exact) mass is 360 g/mol. The fraction of sp³-hybridized carbons (Fsp3) is 0.176. The average molecular weight is 360 g/mol. The molecular weight excluding hydrogens is 344 g/mol. The molecule has 1 amide bonds. The smallest absolute Gasteiger partial charge is 0.240 e. The van der Waals surface area contributed by atoms with Crippen LogP contribution in [-0.2, 0) is 14.6 Å². The third-order valence-corrected chi connectivity index (χ3v) is 6.63. The SMILES string of the molecule is Cc1ccc(NC(=O)CS(=O)(=O)c2nc3ccccc3s2)c(C)c1. The van der Waals surface area contributed by atoms with E-state index in [2.05, 4.69) is 10.3 Å². The zero-order chi connectivity index (χ0) is 17.3. The highest BCUT2D eigenvalue weighted by Crippen LogP contribution is 2.26. The number of nitrogens with one attached hydrogen (secondary N) is 1. The summed E-state index contributed by atoms with van der Waals surface area (Å²) in [6.07, 6.45) is 0. The lowest BCUT2D eigenvalue weighted by Gasteiger charge is -2.08. The van der Waals surface area contributed by atoms with Crippen LogP contribution in [0.15, 0.2) is 46.8 Å². The summed E-state index contributed by atoms with van der Waals surface area (Å²) in [5, 5.41) is 2.66. The van der Waals surface area contributed by atoms with Crippen LogP contribution in [0.1, 0.15) is 11.1 Å². The first-order valence-corrected chi connectivity index (χ1v) is 9.77. The molecule has 0 aliphatic rings. The standard InChI is InChI=1S/C17H16N2O3S2/c1-11-7-8-13(12(2)9-11)18-16(20)10-24(21,22)17-19-14-5-3-4-6-15(14)23-17/h3-9H,10H2,1-2H3,(H,18,20). The van der Waals surface area contributed by atoms with Crippen molar-refractivity contribution in [1.29, 1.82) is 0 Å². The number of aromatic nitrogens is 1. The normalized spacial score (nSPS) is 11.6. The highest BCUT2D eigenvalue weighted by molar-refractivity contribution is 7.94. The van der Waals surface area contributed by atoms with Gasteiger partial charge in [0.15, 0.2) is 0 Å². The molecule has 0 bridgehead atoms. The molecular formula is C17H16N2O3S2. The van der Waals surface area contributed by atoms with Gasteiger partial charge in [-0.05, 0) is 37.6 Å². The maximum atomic E-state index is 12.4. The van der Waals surface area contributed by atoms with Crippen LogP contribution in [0.2, 0.25) is 0 Å². The topological polar surface area (TPSA) is 76.1 Å². The molecule has 24 heavy (non-hydrogen) atoms. The quantitative estimate of drug-likeness (QED) is 0.774. The zero-order valence-electron chi connectivity index (χ0n) is 13.2.